The number of hydrogen-bond donors (Lipinski definition) is 1. The van der Waals surface area contributed by atoms with Gasteiger partial charge in [0.05, 0.1) is 12.4 Å². The normalized spacial score (nSPS) is 12.1. The molecule has 6 heteroatoms. The lowest BCUT2D eigenvalue weighted by molar-refractivity contribution is 0.0934. The molecule has 2 heterocycles. The number of rotatable bonds is 4. The fourth-order valence-electron chi connectivity index (χ4n) is 1.54. The summed E-state index contributed by atoms with van der Waals surface area (Å²) in [7, 11) is 0. The number of amides is 1. The number of nitrogens with one attached hydrogen (secondary N) is 1. The molecular formula is C12H12ClN3OS. The van der Waals surface area contributed by atoms with E-state index in [1.807, 2.05) is 12.3 Å². The van der Waals surface area contributed by atoms with Gasteiger partial charge in [0.25, 0.3) is 5.91 Å². The molecule has 0 saturated carbocycles. The first kappa shape index (κ1) is 13.0. The molecule has 94 valence electrons. The number of aromatic nitrogens is 2. The van der Waals surface area contributed by atoms with Crippen molar-refractivity contribution in [1.82, 2.24) is 15.3 Å². The molecule has 0 spiro atoms. The minimum Gasteiger partial charge on any atom is -0.348 e. The SMILES string of the molecule is CC(Cc1ccsc1)NC(=O)c1cnc(Cl)cn1. The van der Waals surface area contributed by atoms with Crippen LogP contribution in [0.2, 0.25) is 5.15 Å². The molecule has 1 atom stereocenters. The highest BCUT2D eigenvalue weighted by Crippen LogP contribution is 2.09. The second kappa shape index (κ2) is 5.93. The number of halogens is 1. The van der Waals surface area contributed by atoms with Gasteiger partial charge < -0.3 is 5.32 Å². The van der Waals surface area contributed by atoms with Gasteiger partial charge in [-0.25, -0.2) is 9.97 Å². The van der Waals surface area contributed by atoms with Crippen molar-refractivity contribution in [3.8, 4) is 0 Å². The van der Waals surface area contributed by atoms with Crippen molar-refractivity contribution in [3.05, 3.63) is 45.6 Å². The van der Waals surface area contributed by atoms with Crippen LogP contribution in [0.25, 0.3) is 0 Å². The first-order chi connectivity index (χ1) is 8.65. The van der Waals surface area contributed by atoms with Crippen LogP contribution in [0.15, 0.2) is 29.2 Å². The van der Waals surface area contributed by atoms with Gasteiger partial charge in [0.1, 0.15) is 10.8 Å². The summed E-state index contributed by atoms with van der Waals surface area (Å²) in [5, 5.41) is 7.25. The third-order valence-electron chi connectivity index (χ3n) is 2.35. The Labute approximate surface area is 114 Å². The van der Waals surface area contributed by atoms with Gasteiger partial charge in [-0.1, -0.05) is 11.6 Å². The molecule has 1 N–H and O–H groups in total. The average Bonchev–Trinajstić information content (AvgIpc) is 2.82. The van der Waals surface area contributed by atoms with E-state index in [1.165, 1.54) is 18.0 Å². The zero-order valence-corrected chi connectivity index (χ0v) is 11.3. The van der Waals surface area contributed by atoms with E-state index in [4.69, 9.17) is 11.6 Å². The smallest absolute Gasteiger partial charge is 0.271 e. The van der Waals surface area contributed by atoms with E-state index in [2.05, 4.69) is 26.7 Å². The largest absolute Gasteiger partial charge is 0.348 e. The highest BCUT2D eigenvalue weighted by molar-refractivity contribution is 7.07. The Morgan fingerprint density at radius 2 is 2.33 bits per heavy atom. The minimum absolute atomic E-state index is 0.0459. The van der Waals surface area contributed by atoms with E-state index >= 15 is 0 Å². The predicted molar refractivity (Wildman–Crippen MR) is 72.0 cm³/mol. The van der Waals surface area contributed by atoms with Crippen molar-refractivity contribution >= 4 is 28.8 Å². The molecule has 0 bridgehead atoms. The van der Waals surface area contributed by atoms with Gasteiger partial charge in [-0.05, 0) is 35.7 Å². The molecule has 0 aliphatic heterocycles. The lowest BCUT2D eigenvalue weighted by atomic mass is 10.1. The molecule has 0 aliphatic rings. The van der Waals surface area contributed by atoms with Crippen LogP contribution >= 0.6 is 22.9 Å². The van der Waals surface area contributed by atoms with Gasteiger partial charge in [0.2, 0.25) is 0 Å². The fraction of sp³-hybridized carbons (Fsp3) is 0.250. The maximum absolute atomic E-state index is 11.8. The van der Waals surface area contributed by atoms with E-state index in [-0.39, 0.29) is 22.8 Å². The summed E-state index contributed by atoms with van der Waals surface area (Å²) in [6, 6.07) is 2.10. The quantitative estimate of drug-likeness (QED) is 0.937. The van der Waals surface area contributed by atoms with Crippen LogP contribution in [-0.4, -0.2) is 21.9 Å². The predicted octanol–water partition coefficient (Wildman–Crippen LogP) is 2.55. The van der Waals surface area contributed by atoms with E-state index < -0.39 is 0 Å². The third-order valence-corrected chi connectivity index (χ3v) is 3.28. The molecule has 0 saturated heterocycles. The second-order valence-electron chi connectivity index (χ2n) is 3.93. The van der Waals surface area contributed by atoms with Crippen molar-refractivity contribution in [2.24, 2.45) is 0 Å². The molecule has 4 nitrogen and oxygen atoms in total. The number of hydrogen-bond acceptors (Lipinski definition) is 4. The average molecular weight is 282 g/mol. The van der Waals surface area contributed by atoms with Crippen LogP contribution in [0.1, 0.15) is 23.0 Å². The molecule has 2 aromatic heterocycles. The summed E-state index contributed by atoms with van der Waals surface area (Å²) in [4.78, 5) is 19.6. The summed E-state index contributed by atoms with van der Waals surface area (Å²) in [6.07, 6.45) is 3.53. The van der Waals surface area contributed by atoms with Gasteiger partial charge >= 0.3 is 0 Å². The Morgan fingerprint density at radius 3 is 2.94 bits per heavy atom. The Hall–Kier alpha value is -1.46. The van der Waals surface area contributed by atoms with E-state index in [1.54, 1.807) is 11.3 Å². The van der Waals surface area contributed by atoms with E-state index in [0.29, 0.717) is 0 Å². The highest BCUT2D eigenvalue weighted by Gasteiger charge is 2.12. The minimum atomic E-state index is -0.234. The summed E-state index contributed by atoms with van der Waals surface area (Å²) >= 11 is 7.26. The van der Waals surface area contributed by atoms with Gasteiger partial charge in [0.15, 0.2) is 0 Å². The van der Waals surface area contributed by atoms with Crippen LogP contribution in [-0.2, 0) is 6.42 Å². The summed E-state index contributed by atoms with van der Waals surface area (Å²) < 4.78 is 0. The Balaban J connectivity index is 1.92. The highest BCUT2D eigenvalue weighted by atomic mass is 35.5. The van der Waals surface area contributed by atoms with Crippen molar-refractivity contribution in [2.75, 3.05) is 0 Å². The van der Waals surface area contributed by atoms with Crippen LogP contribution in [0, 0.1) is 0 Å². The van der Waals surface area contributed by atoms with E-state index in [0.717, 1.165) is 6.42 Å². The molecule has 0 aromatic carbocycles. The molecule has 0 fully saturated rings. The molecule has 2 rings (SSSR count). The monoisotopic (exact) mass is 281 g/mol. The number of thiophene rings is 1. The Morgan fingerprint density at radius 1 is 1.50 bits per heavy atom. The van der Waals surface area contributed by atoms with Crippen molar-refractivity contribution in [1.29, 1.82) is 0 Å². The lowest BCUT2D eigenvalue weighted by Crippen LogP contribution is -2.34. The van der Waals surface area contributed by atoms with Crippen molar-refractivity contribution in [2.45, 2.75) is 19.4 Å². The molecular weight excluding hydrogens is 270 g/mol. The Bertz CT molecular complexity index is 513. The molecule has 1 unspecified atom stereocenters. The maximum atomic E-state index is 11.8. The van der Waals surface area contributed by atoms with Crippen LogP contribution in [0.3, 0.4) is 0 Å². The summed E-state index contributed by atoms with van der Waals surface area (Å²) in [5.74, 6) is -0.234. The third kappa shape index (κ3) is 3.51. The van der Waals surface area contributed by atoms with Gasteiger partial charge in [0, 0.05) is 6.04 Å². The summed E-state index contributed by atoms with van der Waals surface area (Å²) in [6.45, 7) is 1.96. The van der Waals surface area contributed by atoms with Crippen LogP contribution in [0.4, 0.5) is 0 Å². The van der Waals surface area contributed by atoms with E-state index in [9.17, 15) is 4.79 Å². The lowest BCUT2D eigenvalue weighted by Gasteiger charge is -2.12. The molecule has 0 aliphatic carbocycles. The topological polar surface area (TPSA) is 54.9 Å². The number of carbonyl (C=O) groups is 1. The standard InChI is InChI=1S/C12H12ClN3OS/c1-8(4-9-2-3-18-7-9)16-12(17)10-5-15-11(13)6-14-10/h2-3,5-8H,4H2,1H3,(H,16,17). The molecule has 1 amide bonds. The van der Waals surface area contributed by atoms with Gasteiger partial charge in [-0.3, -0.25) is 4.79 Å². The first-order valence-electron chi connectivity index (χ1n) is 5.44. The maximum Gasteiger partial charge on any atom is 0.271 e. The van der Waals surface area contributed by atoms with Gasteiger partial charge in [-0.15, -0.1) is 0 Å². The second-order valence-corrected chi connectivity index (χ2v) is 5.10. The summed E-state index contributed by atoms with van der Waals surface area (Å²) in [5.41, 5.74) is 1.49. The molecule has 18 heavy (non-hydrogen) atoms. The molecule has 2 aromatic rings. The first-order valence-corrected chi connectivity index (χ1v) is 6.76. The van der Waals surface area contributed by atoms with Crippen LogP contribution in [0.5, 0.6) is 0 Å². The van der Waals surface area contributed by atoms with Gasteiger partial charge in [-0.2, -0.15) is 11.3 Å². The zero-order chi connectivity index (χ0) is 13.0. The Kier molecular flexibility index (Phi) is 4.28. The van der Waals surface area contributed by atoms with Crippen molar-refractivity contribution in [3.63, 3.8) is 0 Å². The fourth-order valence-corrected chi connectivity index (χ4v) is 2.32. The number of carbonyl (C=O) groups excluding carboxylic acids is 1. The van der Waals surface area contributed by atoms with Crippen molar-refractivity contribution < 1.29 is 4.79 Å². The number of nitrogens with zero attached hydrogens (tertiary/aromatic N) is 2. The van der Waals surface area contributed by atoms with Crippen LogP contribution < -0.4 is 5.32 Å². The zero-order valence-electron chi connectivity index (χ0n) is 9.76. The molecule has 0 radical (unpaired) electrons.